The summed E-state index contributed by atoms with van der Waals surface area (Å²) in [6, 6.07) is 2.27. The van der Waals surface area contributed by atoms with Gasteiger partial charge in [0.1, 0.15) is 11.8 Å². The summed E-state index contributed by atoms with van der Waals surface area (Å²) in [5.41, 5.74) is 2.66. The first-order chi connectivity index (χ1) is 13.0. The molecule has 0 bridgehead atoms. The number of carbonyl (C=O) groups is 1. The Morgan fingerprint density at radius 2 is 2.11 bits per heavy atom. The second-order valence-electron chi connectivity index (χ2n) is 5.98. The van der Waals surface area contributed by atoms with Gasteiger partial charge in [0.2, 0.25) is 0 Å². The number of hydrogen-bond donors (Lipinski definition) is 2. The summed E-state index contributed by atoms with van der Waals surface area (Å²) in [7, 11) is 1.42. The van der Waals surface area contributed by atoms with Crippen LogP contribution < -0.4 is 20.6 Å². The summed E-state index contributed by atoms with van der Waals surface area (Å²) in [6.45, 7) is 1.86. The lowest BCUT2D eigenvalue weighted by Gasteiger charge is -2.24. The molecule has 2 saturated heterocycles. The standard InChI is InChI=1S/C16H20F2N4O4S.CH4/c1-24-15(27)19-8-11-9-22(16(23)26-11)10-6-12(17)14(13(18)7-10)21-3-2-20-25-5-4-21;/h6-7,11,20H,2-5,8-9H2,1H3,(H,19,27);1H4/t11-;/m0./s1. The number of benzene rings is 1. The second-order valence-corrected chi connectivity index (χ2v) is 6.35. The van der Waals surface area contributed by atoms with Crippen LogP contribution in [0.3, 0.4) is 0 Å². The van der Waals surface area contributed by atoms with Gasteiger partial charge in [-0.05, 0) is 12.2 Å². The summed E-state index contributed by atoms with van der Waals surface area (Å²) >= 11 is 4.86. The zero-order valence-corrected chi connectivity index (χ0v) is 15.5. The highest BCUT2D eigenvalue weighted by Crippen LogP contribution is 2.31. The van der Waals surface area contributed by atoms with Crippen molar-refractivity contribution in [3.05, 3.63) is 23.8 Å². The lowest BCUT2D eigenvalue weighted by molar-refractivity contribution is 0.0589. The van der Waals surface area contributed by atoms with Crippen LogP contribution in [-0.2, 0) is 14.3 Å². The zero-order chi connectivity index (χ0) is 19.4. The molecule has 0 unspecified atom stereocenters. The number of halogens is 2. The molecule has 0 aromatic heterocycles. The van der Waals surface area contributed by atoms with Crippen molar-refractivity contribution in [2.24, 2.45) is 0 Å². The highest BCUT2D eigenvalue weighted by molar-refractivity contribution is 7.80. The number of rotatable bonds is 4. The van der Waals surface area contributed by atoms with Crippen molar-refractivity contribution < 1.29 is 27.9 Å². The molecular weight excluding hydrogens is 394 g/mol. The minimum Gasteiger partial charge on any atom is -0.474 e. The summed E-state index contributed by atoms with van der Waals surface area (Å²) in [6.07, 6.45) is -1.20. The maximum Gasteiger partial charge on any atom is 0.414 e. The van der Waals surface area contributed by atoms with Crippen molar-refractivity contribution in [3.8, 4) is 0 Å². The maximum absolute atomic E-state index is 14.6. The minimum absolute atomic E-state index is 0. The Hall–Kier alpha value is -2.24. The SMILES string of the molecule is C.COC(=S)NC[C@H]1CN(c2cc(F)c(N3CCNOCC3)c(F)c2)C(=O)O1. The molecule has 0 radical (unpaired) electrons. The van der Waals surface area contributed by atoms with Gasteiger partial charge in [-0.3, -0.25) is 9.74 Å². The first-order valence-electron chi connectivity index (χ1n) is 8.38. The third-order valence-corrected chi connectivity index (χ3v) is 4.52. The van der Waals surface area contributed by atoms with E-state index in [9.17, 15) is 13.6 Å². The normalized spacial score (nSPS) is 19.5. The molecule has 2 aliphatic rings. The number of ether oxygens (including phenoxy) is 2. The van der Waals surface area contributed by atoms with Crippen LogP contribution in [0.4, 0.5) is 25.0 Å². The largest absolute Gasteiger partial charge is 0.474 e. The Bertz CT molecular complexity index is 693. The van der Waals surface area contributed by atoms with Gasteiger partial charge in [-0.25, -0.2) is 19.1 Å². The van der Waals surface area contributed by atoms with Gasteiger partial charge in [-0.2, -0.15) is 0 Å². The fourth-order valence-corrected chi connectivity index (χ4v) is 3.02. The van der Waals surface area contributed by atoms with Crippen LogP contribution in [0, 0.1) is 11.6 Å². The van der Waals surface area contributed by atoms with Gasteiger partial charge in [0.25, 0.3) is 5.17 Å². The molecule has 1 aromatic rings. The first kappa shape index (κ1) is 22.1. The number of anilines is 2. The van der Waals surface area contributed by atoms with E-state index in [1.54, 1.807) is 4.90 Å². The number of carbonyl (C=O) groups excluding carboxylic acids is 1. The van der Waals surface area contributed by atoms with Crippen molar-refractivity contribution in [1.29, 1.82) is 0 Å². The van der Waals surface area contributed by atoms with Crippen LogP contribution in [0.5, 0.6) is 0 Å². The van der Waals surface area contributed by atoms with Crippen molar-refractivity contribution in [2.75, 3.05) is 56.2 Å². The molecule has 8 nitrogen and oxygen atoms in total. The van der Waals surface area contributed by atoms with E-state index in [2.05, 4.69) is 10.8 Å². The molecule has 3 rings (SSSR count). The van der Waals surface area contributed by atoms with E-state index in [-0.39, 0.29) is 37.1 Å². The van der Waals surface area contributed by atoms with Crippen LogP contribution in [0.25, 0.3) is 0 Å². The predicted molar refractivity (Wildman–Crippen MR) is 104 cm³/mol. The van der Waals surface area contributed by atoms with E-state index in [0.29, 0.717) is 26.2 Å². The first-order valence-corrected chi connectivity index (χ1v) is 8.79. The molecule has 1 atom stereocenters. The van der Waals surface area contributed by atoms with Crippen molar-refractivity contribution in [2.45, 2.75) is 13.5 Å². The van der Waals surface area contributed by atoms with E-state index in [1.165, 1.54) is 12.0 Å². The van der Waals surface area contributed by atoms with E-state index >= 15 is 0 Å². The predicted octanol–water partition coefficient (Wildman–Crippen LogP) is 1.79. The average Bonchev–Trinajstić information content (AvgIpc) is 2.82. The van der Waals surface area contributed by atoms with E-state index in [4.69, 9.17) is 26.5 Å². The van der Waals surface area contributed by atoms with E-state index in [0.717, 1.165) is 12.1 Å². The molecule has 11 heteroatoms. The Kier molecular flexibility index (Phi) is 7.72. The van der Waals surface area contributed by atoms with Crippen LogP contribution in [0.1, 0.15) is 7.43 Å². The van der Waals surface area contributed by atoms with Gasteiger partial charge in [0.15, 0.2) is 11.6 Å². The van der Waals surface area contributed by atoms with Crippen LogP contribution >= 0.6 is 12.2 Å². The molecule has 28 heavy (non-hydrogen) atoms. The molecule has 2 heterocycles. The van der Waals surface area contributed by atoms with Crippen molar-refractivity contribution in [1.82, 2.24) is 10.8 Å². The maximum atomic E-state index is 14.6. The monoisotopic (exact) mass is 418 g/mol. The van der Waals surface area contributed by atoms with Gasteiger partial charge >= 0.3 is 6.09 Å². The minimum atomic E-state index is -0.748. The van der Waals surface area contributed by atoms with Crippen LogP contribution in [-0.4, -0.2) is 63.8 Å². The van der Waals surface area contributed by atoms with Crippen LogP contribution in [0.2, 0.25) is 0 Å². The zero-order valence-electron chi connectivity index (χ0n) is 14.7. The summed E-state index contributed by atoms with van der Waals surface area (Å²) in [5.74, 6) is -1.50. The molecule has 0 aliphatic carbocycles. The molecular formula is C17H24F2N4O4S. The van der Waals surface area contributed by atoms with Crippen LogP contribution in [0.15, 0.2) is 12.1 Å². The van der Waals surface area contributed by atoms with Crippen molar-refractivity contribution in [3.63, 3.8) is 0 Å². The number of hydrogen-bond acceptors (Lipinski definition) is 7. The van der Waals surface area contributed by atoms with E-state index in [1.807, 2.05) is 0 Å². The lowest BCUT2D eigenvalue weighted by Crippen LogP contribution is -2.34. The molecule has 2 aliphatic heterocycles. The number of amides is 1. The molecule has 1 aromatic carbocycles. The fraction of sp³-hybridized carbons (Fsp3) is 0.529. The van der Waals surface area contributed by atoms with Crippen molar-refractivity contribution >= 4 is 34.9 Å². The Morgan fingerprint density at radius 1 is 1.39 bits per heavy atom. The fourth-order valence-electron chi connectivity index (χ4n) is 2.93. The quantitative estimate of drug-likeness (QED) is 0.717. The van der Waals surface area contributed by atoms with Gasteiger partial charge < -0.3 is 19.7 Å². The smallest absolute Gasteiger partial charge is 0.414 e. The number of nitrogens with zero attached hydrogens (tertiary/aromatic N) is 2. The number of hydroxylamine groups is 1. The molecule has 0 saturated carbocycles. The molecule has 2 N–H and O–H groups in total. The van der Waals surface area contributed by atoms with E-state index < -0.39 is 23.8 Å². The van der Waals surface area contributed by atoms with Gasteiger partial charge in [-0.1, -0.05) is 7.43 Å². The molecule has 156 valence electrons. The number of nitrogens with one attached hydrogen (secondary N) is 2. The highest BCUT2D eigenvalue weighted by Gasteiger charge is 2.33. The van der Waals surface area contributed by atoms with Gasteiger partial charge in [0.05, 0.1) is 32.5 Å². The Labute approximate surface area is 167 Å². The Morgan fingerprint density at radius 3 is 2.79 bits per heavy atom. The lowest BCUT2D eigenvalue weighted by atomic mass is 10.2. The third kappa shape index (κ3) is 4.97. The topological polar surface area (TPSA) is 75.3 Å². The second kappa shape index (κ2) is 9.80. The molecule has 2 fully saturated rings. The summed E-state index contributed by atoms with van der Waals surface area (Å²) in [5, 5.41) is 2.95. The van der Waals surface area contributed by atoms with Gasteiger partial charge in [0, 0.05) is 31.8 Å². The number of thiocarbonyl (C=S) groups is 1. The number of methoxy groups -OCH3 is 1. The average molecular weight is 418 g/mol. The Balaban J connectivity index is 0.00000280. The number of cyclic esters (lactones) is 1. The third-order valence-electron chi connectivity index (χ3n) is 4.21. The summed E-state index contributed by atoms with van der Waals surface area (Å²) in [4.78, 5) is 19.9. The summed E-state index contributed by atoms with van der Waals surface area (Å²) < 4.78 is 39.3. The molecule has 1 amide bonds. The highest BCUT2D eigenvalue weighted by atomic mass is 32.1. The molecule has 0 spiro atoms. The van der Waals surface area contributed by atoms with Gasteiger partial charge in [-0.15, -0.1) is 0 Å².